The third-order valence-electron chi connectivity index (χ3n) is 4.53. The molecule has 5 heteroatoms. The van der Waals surface area contributed by atoms with Crippen LogP contribution >= 0.6 is 39.1 Å². The van der Waals surface area contributed by atoms with E-state index in [0.29, 0.717) is 10.0 Å². The van der Waals surface area contributed by atoms with Gasteiger partial charge in [-0.25, -0.2) is 0 Å². The van der Waals surface area contributed by atoms with Gasteiger partial charge in [0.25, 0.3) is 0 Å². The molecule has 2 nitrogen and oxygen atoms in total. The molecule has 4 rings (SSSR count). The van der Waals surface area contributed by atoms with Gasteiger partial charge < -0.3 is 10.3 Å². The fourth-order valence-corrected chi connectivity index (χ4v) is 4.19. The average Bonchev–Trinajstić information content (AvgIpc) is 2.85. The second kappa shape index (κ2) is 5.82. The third-order valence-corrected chi connectivity index (χ3v) is 5.76. The SMILES string of the molecule is NC1CCCc2c1n(-c1ccc(Cl)c(Cl)c1)c1ccc(Br)cc21. The van der Waals surface area contributed by atoms with Gasteiger partial charge in [0.1, 0.15) is 0 Å². The smallest absolute Gasteiger partial charge is 0.0613 e. The van der Waals surface area contributed by atoms with Crippen molar-refractivity contribution in [3.05, 3.63) is 62.2 Å². The van der Waals surface area contributed by atoms with E-state index in [0.717, 1.165) is 34.9 Å². The summed E-state index contributed by atoms with van der Waals surface area (Å²) >= 11 is 15.9. The Morgan fingerprint density at radius 1 is 1.09 bits per heavy atom. The summed E-state index contributed by atoms with van der Waals surface area (Å²) in [5.41, 5.74) is 11.2. The molecule has 3 aromatic rings. The van der Waals surface area contributed by atoms with Crippen molar-refractivity contribution in [2.45, 2.75) is 25.3 Å². The van der Waals surface area contributed by atoms with Gasteiger partial charge in [-0.2, -0.15) is 0 Å². The minimum atomic E-state index is 0.0411. The van der Waals surface area contributed by atoms with Gasteiger partial charge in [0.15, 0.2) is 0 Å². The zero-order valence-electron chi connectivity index (χ0n) is 12.3. The first kappa shape index (κ1) is 15.5. The molecule has 1 aliphatic carbocycles. The molecular formula is C18H15BrCl2N2. The largest absolute Gasteiger partial charge is 0.323 e. The summed E-state index contributed by atoms with van der Waals surface area (Å²) in [5.74, 6) is 0. The van der Waals surface area contributed by atoms with E-state index in [4.69, 9.17) is 28.9 Å². The Kier molecular flexibility index (Phi) is 3.93. The molecule has 1 unspecified atom stereocenters. The molecule has 0 aliphatic heterocycles. The Hall–Kier alpha value is -1.00. The number of halogens is 3. The van der Waals surface area contributed by atoms with Gasteiger partial charge in [-0.3, -0.25) is 0 Å². The predicted octanol–water partition coefficient (Wildman–Crippen LogP) is 6.04. The molecule has 2 N–H and O–H groups in total. The maximum atomic E-state index is 6.46. The van der Waals surface area contributed by atoms with Crippen LogP contribution in [0.3, 0.4) is 0 Å². The van der Waals surface area contributed by atoms with Crippen LogP contribution in [-0.2, 0) is 6.42 Å². The summed E-state index contributed by atoms with van der Waals surface area (Å²) < 4.78 is 3.32. The Labute approximate surface area is 153 Å². The molecule has 1 heterocycles. The van der Waals surface area contributed by atoms with Gasteiger partial charge >= 0.3 is 0 Å². The van der Waals surface area contributed by atoms with Crippen molar-refractivity contribution in [2.75, 3.05) is 0 Å². The lowest BCUT2D eigenvalue weighted by molar-refractivity contribution is 0.552. The summed E-state index contributed by atoms with van der Waals surface area (Å²) in [6.07, 6.45) is 3.19. The highest BCUT2D eigenvalue weighted by Crippen LogP contribution is 2.40. The first-order valence-electron chi connectivity index (χ1n) is 7.60. The van der Waals surface area contributed by atoms with Crippen LogP contribution in [-0.4, -0.2) is 4.57 Å². The van der Waals surface area contributed by atoms with Crippen LogP contribution in [0.15, 0.2) is 40.9 Å². The fourth-order valence-electron chi connectivity index (χ4n) is 3.54. The Balaban J connectivity index is 2.09. The first-order chi connectivity index (χ1) is 11.1. The molecule has 1 atom stereocenters. The van der Waals surface area contributed by atoms with E-state index < -0.39 is 0 Å². The topological polar surface area (TPSA) is 30.9 Å². The molecule has 118 valence electrons. The van der Waals surface area contributed by atoms with Crippen LogP contribution < -0.4 is 5.73 Å². The Morgan fingerprint density at radius 3 is 2.70 bits per heavy atom. The van der Waals surface area contributed by atoms with Gasteiger partial charge in [0.05, 0.1) is 15.6 Å². The number of hydrogen-bond donors (Lipinski definition) is 1. The van der Waals surface area contributed by atoms with Crippen LogP contribution in [0.5, 0.6) is 0 Å². The lowest BCUT2D eigenvalue weighted by Crippen LogP contribution is -2.20. The van der Waals surface area contributed by atoms with E-state index in [2.05, 4.69) is 38.7 Å². The van der Waals surface area contributed by atoms with Gasteiger partial charge in [0, 0.05) is 27.3 Å². The van der Waals surface area contributed by atoms with E-state index in [1.165, 1.54) is 16.6 Å². The van der Waals surface area contributed by atoms with E-state index in [1.807, 2.05) is 18.2 Å². The summed E-state index contributed by atoms with van der Waals surface area (Å²) in [6.45, 7) is 0. The van der Waals surface area contributed by atoms with Crippen LogP contribution in [0.4, 0.5) is 0 Å². The number of hydrogen-bond acceptors (Lipinski definition) is 1. The van der Waals surface area contributed by atoms with Crippen LogP contribution in [0.2, 0.25) is 10.0 Å². The highest BCUT2D eigenvalue weighted by Gasteiger charge is 2.26. The van der Waals surface area contributed by atoms with Crippen molar-refractivity contribution in [3.8, 4) is 5.69 Å². The van der Waals surface area contributed by atoms with Crippen molar-refractivity contribution in [1.82, 2.24) is 4.57 Å². The number of rotatable bonds is 1. The number of benzene rings is 2. The zero-order valence-corrected chi connectivity index (χ0v) is 15.4. The fraction of sp³-hybridized carbons (Fsp3) is 0.222. The molecule has 0 saturated heterocycles. The van der Waals surface area contributed by atoms with Crippen LogP contribution in [0.25, 0.3) is 16.6 Å². The predicted molar refractivity (Wildman–Crippen MR) is 101 cm³/mol. The standard InChI is InChI=1S/C18H15BrCl2N2/c19-10-4-7-17-13(8-10)12-2-1-3-16(22)18(12)23(17)11-5-6-14(20)15(21)9-11/h4-9,16H,1-3,22H2. The van der Waals surface area contributed by atoms with Crippen LogP contribution in [0, 0.1) is 0 Å². The minimum Gasteiger partial charge on any atom is -0.323 e. The summed E-state index contributed by atoms with van der Waals surface area (Å²) in [7, 11) is 0. The van der Waals surface area contributed by atoms with Gasteiger partial charge in [0.2, 0.25) is 0 Å². The van der Waals surface area contributed by atoms with E-state index in [9.17, 15) is 0 Å². The maximum Gasteiger partial charge on any atom is 0.0613 e. The summed E-state index contributed by atoms with van der Waals surface area (Å²) in [5, 5.41) is 2.38. The number of nitrogens with two attached hydrogens (primary N) is 1. The maximum absolute atomic E-state index is 6.46. The molecule has 0 bridgehead atoms. The third kappa shape index (κ3) is 2.51. The van der Waals surface area contributed by atoms with Gasteiger partial charge in [-0.1, -0.05) is 39.1 Å². The quantitative estimate of drug-likeness (QED) is 0.522. The Morgan fingerprint density at radius 2 is 1.91 bits per heavy atom. The first-order valence-corrected chi connectivity index (χ1v) is 9.15. The molecule has 23 heavy (non-hydrogen) atoms. The highest BCUT2D eigenvalue weighted by atomic mass is 79.9. The molecule has 0 amide bonds. The van der Waals surface area contributed by atoms with Crippen molar-refractivity contribution in [2.24, 2.45) is 5.73 Å². The molecule has 0 spiro atoms. The number of nitrogens with zero attached hydrogens (tertiary/aromatic N) is 1. The zero-order chi connectivity index (χ0) is 16.1. The number of fused-ring (bicyclic) bond motifs is 3. The second-order valence-corrected chi connectivity index (χ2v) is 7.69. The van der Waals surface area contributed by atoms with Crippen LogP contribution in [0.1, 0.15) is 30.1 Å². The summed E-state index contributed by atoms with van der Waals surface area (Å²) in [6, 6.07) is 12.2. The molecule has 2 aromatic carbocycles. The van der Waals surface area contributed by atoms with Gasteiger partial charge in [-0.05, 0) is 61.2 Å². The van der Waals surface area contributed by atoms with Crippen molar-refractivity contribution < 1.29 is 0 Å². The number of aromatic nitrogens is 1. The van der Waals surface area contributed by atoms with E-state index >= 15 is 0 Å². The van der Waals surface area contributed by atoms with Gasteiger partial charge in [-0.15, -0.1) is 0 Å². The molecule has 1 aliphatic rings. The minimum absolute atomic E-state index is 0.0411. The molecule has 0 fully saturated rings. The van der Waals surface area contributed by atoms with E-state index in [-0.39, 0.29) is 6.04 Å². The van der Waals surface area contributed by atoms with Crippen molar-refractivity contribution in [3.63, 3.8) is 0 Å². The molecular weight excluding hydrogens is 395 g/mol. The molecule has 0 radical (unpaired) electrons. The lowest BCUT2D eigenvalue weighted by Gasteiger charge is -2.22. The normalized spacial score (nSPS) is 17.5. The second-order valence-electron chi connectivity index (χ2n) is 5.96. The van der Waals surface area contributed by atoms with Crippen molar-refractivity contribution >= 4 is 50.0 Å². The van der Waals surface area contributed by atoms with E-state index in [1.54, 1.807) is 0 Å². The average molecular weight is 410 g/mol. The highest BCUT2D eigenvalue weighted by molar-refractivity contribution is 9.10. The van der Waals surface area contributed by atoms with Crippen molar-refractivity contribution in [1.29, 1.82) is 0 Å². The molecule has 0 saturated carbocycles. The monoisotopic (exact) mass is 408 g/mol. The summed E-state index contributed by atoms with van der Waals surface area (Å²) in [4.78, 5) is 0. The lowest BCUT2D eigenvalue weighted by atomic mass is 9.92. The Bertz CT molecular complexity index is 917. The number of aryl methyl sites for hydroxylation is 1. The molecule has 1 aromatic heterocycles.